The number of nitrogens with one attached hydrogen (secondary N) is 5. The third-order valence-electron chi connectivity index (χ3n) is 5.11. The highest BCUT2D eigenvalue weighted by Gasteiger charge is 2.16. The van der Waals surface area contributed by atoms with Crippen LogP contribution in [-0.2, 0) is 9.53 Å². The summed E-state index contributed by atoms with van der Waals surface area (Å²) in [5, 5.41) is 16.0. The van der Waals surface area contributed by atoms with Gasteiger partial charge in [0.25, 0.3) is 0 Å². The largest absolute Gasteiger partial charge is 0.457 e. The molecule has 2 aromatic carbocycles. The number of imidazole rings is 1. The van der Waals surface area contributed by atoms with Crippen molar-refractivity contribution in [1.29, 1.82) is 0 Å². The molecule has 0 atom stereocenters. The number of hydrogen-bond acceptors (Lipinski definition) is 8. The lowest BCUT2D eigenvalue weighted by atomic mass is 10.3. The maximum atomic E-state index is 12.3. The molecule has 0 unspecified atom stereocenters. The molecule has 1 fully saturated rings. The Morgan fingerprint density at radius 3 is 2.49 bits per heavy atom. The Bertz CT molecular complexity index is 1340. The number of rotatable bonds is 6. The van der Waals surface area contributed by atoms with E-state index in [0.717, 1.165) is 5.52 Å². The van der Waals surface area contributed by atoms with Gasteiger partial charge in [0.05, 0.1) is 24.2 Å². The highest BCUT2D eigenvalue weighted by Crippen LogP contribution is 2.26. The van der Waals surface area contributed by atoms with Crippen LogP contribution in [-0.4, -0.2) is 63.4 Å². The van der Waals surface area contributed by atoms with Crippen molar-refractivity contribution in [3.8, 4) is 11.5 Å². The molecule has 0 spiro atoms. The first-order chi connectivity index (χ1) is 17.0. The summed E-state index contributed by atoms with van der Waals surface area (Å²) in [6.07, 6.45) is 0. The van der Waals surface area contributed by atoms with Gasteiger partial charge in [0.15, 0.2) is 0 Å². The zero-order valence-corrected chi connectivity index (χ0v) is 18.8. The van der Waals surface area contributed by atoms with Gasteiger partial charge in [0.2, 0.25) is 23.8 Å². The average Bonchev–Trinajstić information content (AvgIpc) is 3.46. The molecule has 5 rings (SSSR count). The fourth-order valence-electron chi connectivity index (χ4n) is 3.51. The van der Waals surface area contributed by atoms with Crippen LogP contribution in [0.4, 0.5) is 28.3 Å². The minimum Gasteiger partial charge on any atom is -0.457 e. The number of nitrogens with zero attached hydrogens (tertiary/aromatic N) is 4. The molecule has 1 aliphatic heterocycles. The van der Waals surface area contributed by atoms with Gasteiger partial charge in [0.1, 0.15) is 11.5 Å². The molecule has 1 saturated heterocycles. The second kappa shape index (κ2) is 9.69. The monoisotopic (exact) mass is 477 g/mol. The highest BCUT2D eigenvalue weighted by molar-refractivity contribution is 5.98. The summed E-state index contributed by atoms with van der Waals surface area (Å²) in [4.78, 5) is 35.9. The maximum absolute atomic E-state index is 12.3. The average molecular weight is 477 g/mol. The molecule has 0 radical (unpaired) electrons. The normalized spacial score (nSPS) is 13.5. The quantitative estimate of drug-likeness (QED) is 0.283. The molecule has 0 saturated carbocycles. The standard InChI is InChI=1S/C22H23N9O4/c1-13(32)23-19-25-17-7-6-16(12-18(17)26-19)35-15-4-2-14(3-5-15)24-22(33)28-20-27-21(30-29-20)31-8-10-34-11-9-31/h2-7,12H,8-11H2,1H3,(H2,23,25,26,32)(H3,24,27,28,29,30,33). The van der Waals surface area contributed by atoms with Crippen molar-refractivity contribution >= 4 is 46.5 Å². The summed E-state index contributed by atoms with van der Waals surface area (Å²) in [6, 6.07) is 11.8. The van der Waals surface area contributed by atoms with Gasteiger partial charge in [-0.2, -0.15) is 0 Å². The number of urea groups is 1. The summed E-state index contributed by atoms with van der Waals surface area (Å²) >= 11 is 0. The van der Waals surface area contributed by atoms with Crippen molar-refractivity contribution in [2.45, 2.75) is 6.92 Å². The van der Waals surface area contributed by atoms with Gasteiger partial charge in [-0.15, -0.1) is 10.2 Å². The van der Waals surface area contributed by atoms with Crippen molar-refractivity contribution < 1.29 is 19.1 Å². The summed E-state index contributed by atoms with van der Waals surface area (Å²) < 4.78 is 11.2. The number of aromatic nitrogens is 5. The van der Waals surface area contributed by atoms with E-state index in [1.165, 1.54) is 6.92 Å². The van der Waals surface area contributed by atoms with Gasteiger partial charge in [-0.25, -0.2) is 9.78 Å². The molecule has 180 valence electrons. The van der Waals surface area contributed by atoms with Crippen LogP contribution < -0.4 is 25.6 Å². The molecule has 1 aliphatic rings. The fraction of sp³-hybridized carbons (Fsp3) is 0.227. The lowest BCUT2D eigenvalue weighted by molar-refractivity contribution is -0.114. The predicted octanol–water partition coefficient (Wildman–Crippen LogP) is 2.91. The van der Waals surface area contributed by atoms with Gasteiger partial charge < -0.3 is 24.7 Å². The van der Waals surface area contributed by atoms with Crippen LogP contribution in [0, 0.1) is 0 Å². The number of benzene rings is 2. The summed E-state index contributed by atoms with van der Waals surface area (Å²) in [6.45, 7) is 4.09. The predicted molar refractivity (Wildman–Crippen MR) is 129 cm³/mol. The molecule has 0 bridgehead atoms. The Morgan fingerprint density at radius 1 is 0.943 bits per heavy atom. The van der Waals surface area contributed by atoms with Crippen molar-refractivity contribution in [3.63, 3.8) is 0 Å². The Hall–Kier alpha value is -4.65. The summed E-state index contributed by atoms with van der Waals surface area (Å²) in [5.74, 6) is 2.17. The Morgan fingerprint density at radius 2 is 1.71 bits per heavy atom. The summed E-state index contributed by atoms with van der Waals surface area (Å²) in [5.41, 5.74) is 2.01. The zero-order chi connectivity index (χ0) is 24.2. The van der Waals surface area contributed by atoms with Crippen molar-refractivity contribution in [3.05, 3.63) is 42.5 Å². The van der Waals surface area contributed by atoms with E-state index in [9.17, 15) is 9.59 Å². The molecule has 13 heteroatoms. The third-order valence-corrected chi connectivity index (χ3v) is 5.11. The van der Waals surface area contributed by atoms with Crippen molar-refractivity contribution in [1.82, 2.24) is 25.1 Å². The zero-order valence-electron chi connectivity index (χ0n) is 18.8. The highest BCUT2D eigenvalue weighted by atomic mass is 16.5. The second-order valence-corrected chi connectivity index (χ2v) is 7.75. The fourth-order valence-corrected chi connectivity index (χ4v) is 3.51. The molecule has 4 aromatic rings. The SMILES string of the molecule is CC(=O)Nc1nc2cc(Oc3ccc(NC(=O)Nc4nnc(N5CCOCC5)[nH]4)cc3)ccc2[nH]1. The number of morpholine rings is 1. The number of hydrogen-bond donors (Lipinski definition) is 5. The molecule has 3 amide bonds. The lowest BCUT2D eigenvalue weighted by Gasteiger charge is -2.25. The minimum atomic E-state index is -0.456. The number of fused-ring (bicyclic) bond motifs is 1. The van der Waals surface area contributed by atoms with E-state index in [1.807, 2.05) is 11.0 Å². The topological polar surface area (TPSA) is 162 Å². The third kappa shape index (κ3) is 5.47. The number of ether oxygens (including phenoxy) is 2. The number of carbonyl (C=O) groups excluding carboxylic acids is 2. The Kier molecular flexibility index (Phi) is 6.13. The summed E-state index contributed by atoms with van der Waals surface area (Å²) in [7, 11) is 0. The molecular weight excluding hydrogens is 454 g/mol. The van der Waals surface area contributed by atoms with E-state index in [1.54, 1.807) is 36.4 Å². The minimum absolute atomic E-state index is 0.207. The van der Waals surface area contributed by atoms with Crippen LogP contribution >= 0.6 is 0 Å². The van der Waals surface area contributed by atoms with Crippen molar-refractivity contribution in [2.24, 2.45) is 0 Å². The number of carbonyl (C=O) groups is 2. The van der Waals surface area contributed by atoms with Gasteiger partial charge in [-0.3, -0.25) is 20.4 Å². The number of anilines is 4. The molecule has 2 aromatic heterocycles. The molecule has 0 aliphatic carbocycles. The first-order valence-electron chi connectivity index (χ1n) is 10.9. The van der Waals surface area contributed by atoms with E-state index in [-0.39, 0.29) is 11.9 Å². The lowest BCUT2D eigenvalue weighted by Crippen LogP contribution is -2.36. The maximum Gasteiger partial charge on any atom is 0.326 e. The first-order valence-corrected chi connectivity index (χ1v) is 10.9. The van der Waals surface area contributed by atoms with Gasteiger partial charge in [0, 0.05) is 31.8 Å². The first kappa shape index (κ1) is 22.2. The van der Waals surface area contributed by atoms with E-state index in [4.69, 9.17) is 9.47 Å². The smallest absolute Gasteiger partial charge is 0.326 e. The van der Waals surface area contributed by atoms with E-state index >= 15 is 0 Å². The van der Waals surface area contributed by atoms with E-state index < -0.39 is 6.03 Å². The Labute approximate surface area is 199 Å². The number of H-pyrrole nitrogens is 2. The molecule has 13 nitrogen and oxygen atoms in total. The van der Waals surface area contributed by atoms with Gasteiger partial charge >= 0.3 is 6.03 Å². The van der Waals surface area contributed by atoms with Crippen LogP contribution in [0.25, 0.3) is 11.0 Å². The van der Waals surface area contributed by atoms with Crippen LogP contribution in [0.15, 0.2) is 42.5 Å². The van der Waals surface area contributed by atoms with Crippen LogP contribution in [0.3, 0.4) is 0 Å². The van der Waals surface area contributed by atoms with Crippen molar-refractivity contribution in [2.75, 3.05) is 47.2 Å². The Balaban J connectivity index is 1.16. The molecule has 3 heterocycles. The molecule has 5 N–H and O–H groups in total. The van der Waals surface area contributed by atoms with E-state index in [2.05, 4.69) is 41.1 Å². The molecular formula is C22H23N9O4. The number of amides is 3. The number of aromatic amines is 2. The van der Waals surface area contributed by atoms with Gasteiger partial charge in [-0.05, 0) is 36.4 Å². The van der Waals surface area contributed by atoms with Gasteiger partial charge in [-0.1, -0.05) is 0 Å². The van der Waals surface area contributed by atoms with Crippen LogP contribution in [0.1, 0.15) is 6.92 Å². The second-order valence-electron chi connectivity index (χ2n) is 7.75. The van der Waals surface area contributed by atoms with Crippen LogP contribution in [0.2, 0.25) is 0 Å². The molecule has 35 heavy (non-hydrogen) atoms. The van der Waals surface area contributed by atoms with E-state index in [0.29, 0.717) is 60.9 Å². The van der Waals surface area contributed by atoms with Crippen LogP contribution in [0.5, 0.6) is 11.5 Å².